The van der Waals surface area contributed by atoms with Crippen molar-refractivity contribution in [2.75, 3.05) is 23.2 Å². The van der Waals surface area contributed by atoms with E-state index in [9.17, 15) is 18.0 Å². The van der Waals surface area contributed by atoms with Crippen molar-refractivity contribution in [3.8, 4) is 5.75 Å². The molecular weight excluding hydrogens is 444 g/mol. The maximum absolute atomic E-state index is 12.6. The summed E-state index contributed by atoms with van der Waals surface area (Å²) < 4.78 is 32.9. The number of carbonyl (C=O) groups is 2. The number of pyridine rings is 1. The molecule has 0 atom stereocenters. The highest BCUT2D eigenvalue weighted by Gasteiger charge is 2.15. The minimum absolute atomic E-state index is 0.0952. The molecule has 10 heteroatoms. The Bertz CT molecular complexity index is 1180. The van der Waals surface area contributed by atoms with Crippen LogP contribution in [0.1, 0.15) is 23.7 Å². The summed E-state index contributed by atoms with van der Waals surface area (Å²) in [5.41, 5.74) is 1.29. The number of rotatable bonds is 10. The van der Waals surface area contributed by atoms with Crippen molar-refractivity contribution in [2.45, 2.75) is 18.2 Å². The fourth-order valence-corrected chi connectivity index (χ4v) is 3.89. The van der Waals surface area contributed by atoms with Crippen LogP contribution in [-0.4, -0.2) is 38.4 Å². The molecular formula is C23H24N4O5S. The highest BCUT2D eigenvalue weighted by Crippen LogP contribution is 2.19. The minimum Gasteiger partial charge on any atom is -0.494 e. The molecule has 2 aromatic carbocycles. The molecule has 33 heavy (non-hydrogen) atoms. The summed E-state index contributed by atoms with van der Waals surface area (Å²) in [6.07, 6.45) is 3.24. The van der Waals surface area contributed by atoms with Gasteiger partial charge in [-0.3, -0.25) is 19.3 Å². The Balaban J connectivity index is 1.50. The van der Waals surface area contributed by atoms with Gasteiger partial charge in [0.2, 0.25) is 5.91 Å². The summed E-state index contributed by atoms with van der Waals surface area (Å²) in [5, 5.41) is 5.37. The molecule has 2 amide bonds. The third-order valence-corrected chi connectivity index (χ3v) is 5.84. The van der Waals surface area contributed by atoms with E-state index in [1.807, 2.05) is 6.92 Å². The lowest BCUT2D eigenvalue weighted by molar-refractivity contribution is -0.116. The smallest absolute Gasteiger partial charge is 0.261 e. The predicted octanol–water partition coefficient (Wildman–Crippen LogP) is 3.04. The number of hydrogen-bond donors (Lipinski definition) is 3. The molecule has 0 aliphatic carbocycles. The monoisotopic (exact) mass is 468 g/mol. The number of aromatic nitrogens is 1. The summed E-state index contributed by atoms with van der Waals surface area (Å²) in [7, 11) is -3.78. The van der Waals surface area contributed by atoms with Crippen molar-refractivity contribution in [1.82, 2.24) is 10.3 Å². The zero-order chi connectivity index (χ0) is 23.7. The molecule has 1 aromatic heterocycles. The first-order valence-corrected chi connectivity index (χ1v) is 11.7. The van der Waals surface area contributed by atoms with Crippen LogP contribution in [0, 0.1) is 0 Å². The Hall–Kier alpha value is -3.92. The van der Waals surface area contributed by atoms with E-state index in [2.05, 4.69) is 20.3 Å². The Morgan fingerprint density at radius 2 is 1.58 bits per heavy atom. The number of hydrogen-bond acceptors (Lipinski definition) is 6. The van der Waals surface area contributed by atoms with Crippen molar-refractivity contribution >= 4 is 33.2 Å². The van der Waals surface area contributed by atoms with E-state index in [1.165, 1.54) is 36.4 Å². The molecule has 3 rings (SSSR count). The second-order valence-electron chi connectivity index (χ2n) is 6.88. The van der Waals surface area contributed by atoms with Crippen molar-refractivity contribution in [1.29, 1.82) is 0 Å². The second kappa shape index (κ2) is 11.1. The average Bonchev–Trinajstić information content (AvgIpc) is 2.80. The topological polar surface area (TPSA) is 126 Å². The Morgan fingerprint density at radius 3 is 2.21 bits per heavy atom. The maximum atomic E-state index is 12.6. The van der Waals surface area contributed by atoms with Crippen LogP contribution in [0.3, 0.4) is 0 Å². The van der Waals surface area contributed by atoms with E-state index in [4.69, 9.17) is 4.74 Å². The maximum Gasteiger partial charge on any atom is 0.261 e. The van der Waals surface area contributed by atoms with Gasteiger partial charge in [0.25, 0.3) is 15.9 Å². The zero-order valence-corrected chi connectivity index (χ0v) is 18.8. The molecule has 9 nitrogen and oxygen atoms in total. The van der Waals surface area contributed by atoms with E-state index in [-0.39, 0.29) is 29.7 Å². The van der Waals surface area contributed by atoms with Crippen molar-refractivity contribution in [3.63, 3.8) is 0 Å². The van der Waals surface area contributed by atoms with Crippen LogP contribution in [0.4, 0.5) is 11.4 Å². The molecule has 3 N–H and O–H groups in total. The average molecular weight is 469 g/mol. The van der Waals surface area contributed by atoms with Crippen LogP contribution in [0.25, 0.3) is 0 Å². The van der Waals surface area contributed by atoms with Gasteiger partial charge in [0.05, 0.1) is 11.5 Å². The molecule has 0 bridgehead atoms. The van der Waals surface area contributed by atoms with Gasteiger partial charge in [0, 0.05) is 42.3 Å². The van der Waals surface area contributed by atoms with Crippen LogP contribution >= 0.6 is 0 Å². The van der Waals surface area contributed by atoms with Gasteiger partial charge >= 0.3 is 0 Å². The van der Waals surface area contributed by atoms with Gasteiger partial charge in [-0.1, -0.05) is 0 Å². The summed E-state index contributed by atoms with van der Waals surface area (Å²) in [5.74, 6) is -0.0187. The number of benzene rings is 2. The third kappa shape index (κ3) is 7.04. The van der Waals surface area contributed by atoms with Crippen molar-refractivity contribution < 1.29 is 22.7 Å². The normalized spacial score (nSPS) is 10.8. The van der Waals surface area contributed by atoms with Crippen LogP contribution in [0.15, 0.2) is 78.0 Å². The van der Waals surface area contributed by atoms with Crippen LogP contribution in [-0.2, 0) is 14.8 Å². The number of anilines is 2. The highest BCUT2D eigenvalue weighted by atomic mass is 32.2. The fourth-order valence-electron chi connectivity index (χ4n) is 2.84. The highest BCUT2D eigenvalue weighted by molar-refractivity contribution is 7.92. The Morgan fingerprint density at radius 1 is 0.909 bits per heavy atom. The largest absolute Gasteiger partial charge is 0.494 e. The SMILES string of the molecule is CCOc1ccc(S(=O)(=O)Nc2ccc(C(=O)NCCC(=O)Nc3ccncc3)cc2)cc1. The van der Waals surface area contributed by atoms with Crippen LogP contribution in [0.5, 0.6) is 5.75 Å². The number of sulfonamides is 1. The lowest BCUT2D eigenvalue weighted by Gasteiger charge is -2.10. The lowest BCUT2D eigenvalue weighted by atomic mass is 10.2. The van der Waals surface area contributed by atoms with Gasteiger partial charge in [-0.05, 0) is 67.6 Å². The van der Waals surface area contributed by atoms with Crippen molar-refractivity contribution in [2.24, 2.45) is 0 Å². The third-order valence-electron chi connectivity index (χ3n) is 4.45. The first kappa shape index (κ1) is 23.7. The number of ether oxygens (including phenoxy) is 1. The van der Waals surface area contributed by atoms with Crippen LogP contribution < -0.4 is 20.1 Å². The summed E-state index contributed by atoms with van der Waals surface area (Å²) in [6.45, 7) is 2.49. The van der Waals surface area contributed by atoms with Crippen LogP contribution in [0.2, 0.25) is 0 Å². The molecule has 0 unspecified atom stereocenters. The molecule has 0 aliphatic heterocycles. The van der Waals surface area contributed by atoms with Gasteiger partial charge in [-0.25, -0.2) is 8.42 Å². The molecule has 1 heterocycles. The molecule has 0 aliphatic rings. The van der Waals surface area contributed by atoms with E-state index >= 15 is 0 Å². The fraction of sp³-hybridized carbons (Fsp3) is 0.174. The first-order valence-electron chi connectivity index (χ1n) is 10.2. The van der Waals surface area contributed by atoms with E-state index in [1.54, 1.807) is 36.7 Å². The second-order valence-corrected chi connectivity index (χ2v) is 8.56. The van der Waals surface area contributed by atoms with Gasteiger partial charge in [0.1, 0.15) is 5.75 Å². The standard InChI is InChI=1S/C23H24N4O5S/c1-2-32-20-7-9-21(10-8-20)33(30,31)27-19-5-3-17(4-6-19)23(29)25-16-13-22(28)26-18-11-14-24-15-12-18/h3-12,14-15,27H,2,13,16H2,1H3,(H,25,29)(H,24,26,28). The zero-order valence-electron chi connectivity index (χ0n) is 17.9. The first-order chi connectivity index (χ1) is 15.9. The molecule has 0 saturated carbocycles. The number of nitrogens with zero attached hydrogens (tertiary/aromatic N) is 1. The molecule has 0 saturated heterocycles. The molecule has 0 spiro atoms. The summed E-state index contributed by atoms with van der Waals surface area (Å²) >= 11 is 0. The van der Waals surface area contributed by atoms with Gasteiger partial charge < -0.3 is 15.4 Å². The van der Waals surface area contributed by atoms with Gasteiger partial charge in [-0.15, -0.1) is 0 Å². The van der Waals surface area contributed by atoms with E-state index in [0.717, 1.165) is 0 Å². The molecule has 0 fully saturated rings. The predicted molar refractivity (Wildman–Crippen MR) is 125 cm³/mol. The quantitative estimate of drug-likeness (QED) is 0.420. The molecule has 3 aromatic rings. The summed E-state index contributed by atoms with van der Waals surface area (Å²) in [4.78, 5) is 28.2. The molecule has 172 valence electrons. The minimum atomic E-state index is -3.78. The van der Waals surface area contributed by atoms with Crippen molar-refractivity contribution in [3.05, 3.63) is 78.6 Å². The van der Waals surface area contributed by atoms with Gasteiger partial charge in [-0.2, -0.15) is 0 Å². The Kier molecular flexibility index (Phi) is 7.98. The van der Waals surface area contributed by atoms with E-state index in [0.29, 0.717) is 29.3 Å². The van der Waals surface area contributed by atoms with Gasteiger partial charge in [0.15, 0.2) is 0 Å². The summed E-state index contributed by atoms with van der Waals surface area (Å²) in [6, 6.07) is 15.4. The number of nitrogens with one attached hydrogen (secondary N) is 3. The molecule has 0 radical (unpaired) electrons. The number of amides is 2. The van der Waals surface area contributed by atoms with E-state index < -0.39 is 10.0 Å². The lowest BCUT2D eigenvalue weighted by Crippen LogP contribution is -2.27. The number of carbonyl (C=O) groups excluding carboxylic acids is 2. The Labute approximate surface area is 192 Å².